The van der Waals surface area contributed by atoms with Gasteiger partial charge in [-0.2, -0.15) is 13.2 Å². The molecule has 1 N–H and O–H groups in total. The summed E-state index contributed by atoms with van der Waals surface area (Å²) in [7, 11) is 0. The minimum atomic E-state index is -4.35. The van der Waals surface area contributed by atoms with Gasteiger partial charge in [0.1, 0.15) is 6.54 Å². The molecule has 110 valence electrons. The maximum absolute atomic E-state index is 12.4. The highest BCUT2D eigenvalue weighted by molar-refractivity contribution is 5.78. The third-order valence-electron chi connectivity index (χ3n) is 3.47. The van der Waals surface area contributed by atoms with Gasteiger partial charge in [0.2, 0.25) is 5.91 Å². The van der Waals surface area contributed by atoms with Crippen LogP contribution in [0.25, 0.3) is 0 Å². The van der Waals surface area contributed by atoms with Crippen LogP contribution in [-0.2, 0) is 4.79 Å². The van der Waals surface area contributed by atoms with Gasteiger partial charge in [0.15, 0.2) is 0 Å². The van der Waals surface area contributed by atoms with E-state index in [4.69, 9.17) is 0 Å². The Morgan fingerprint density at radius 1 is 1.40 bits per heavy atom. The van der Waals surface area contributed by atoms with Crippen molar-refractivity contribution < 1.29 is 18.0 Å². The molecule has 0 saturated heterocycles. The van der Waals surface area contributed by atoms with Crippen LogP contribution in [0.5, 0.6) is 0 Å². The fourth-order valence-electron chi connectivity index (χ4n) is 2.47. The standard InChI is InChI=1S/C14H17F3N2O/c1-2-19(9-14(15,16)17)13(20)7-10-8-18-12-6-4-3-5-11(10)12/h3-6,10,18H,2,7-9H2,1H3. The van der Waals surface area contributed by atoms with Crippen molar-refractivity contribution in [2.24, 2.45) is 0 Å². The number of amides is 1. The second kappa shape index (κ2) is 5.73. The molecule has 1 aromatic carbocycles. The molecule has 20 heavy (non-hydrogen) atoms. The minimum Gasteiger partial charge on any atom is -0.384 e. The van der Waals surface area contributed by atoms with Crippen LogP contribution in [0.4, 0.5) is 18.9 Å². The summed E-state index contributed by atoms with van der Waals surface area (Å²) in [5, 5.41) is 3.17. The number of fused-ring (bicyclic) bond motifs is 1. The second-order valence-corrected chi connectivity index (χ2v) is 4.89. The number of anilines is 1. The number of rotatable bonds is 4. The number of hydrogen-bond donors (Lipinski definition) is 1. The molecule has 0 fully saturated rings. The number of alkyl halides is 3. The molecule has 1 amide bonds. The van der Waals surface area contributed by atoms with Gasteiger partial charge in [-0.05, 0) is 18.6 Å². The topological polar surface area (TPSA) is 32.3 Å². The summed E-state index contributed by atoms with van der Waals surface area (Å²) in [6.45, 7) is 1.05. The predicted molar refractivity (Wildman–Crippen MR) is 70.6 cm³/mol. The van der Waals surface area contributed by atoms with Crippen molar-refractivity contribution in [2.75, 3.05) is 25.0 Å². The summed E-state index contributed by atoms with van der Waals surface area (Å²) in [6.07, 6.45) is -4.24. The van der Waals surface area contributed by atoms with Crippen molar-refractivity contribution in [2.45, 2.75) is 25.4 Å². The lowest BCUT2D eigenvalue weighted by molar-refractivity contribution is -0.161. The maximum Gasteiger partial charge on any atom is 0.406 e. The average molecular weight is 286 g/mol. The molecular formula is C14H17F3N2O. The summed E-state index contributed by atoms with van der Waals surface area (Å²) >= 11 is 0. The van der Waals surface area contributed by atoms with E-state index in [0.717, 1.165) is 16.2 Å². The Kier molecular flexibility index (Phi) is 4.20. The molecule has 0 aliphatic carbocycles. The monoisotopic (exact) mass is 286 g/mol. The van der Waals surface area contributed by atoms with Gasteiger partial charge in [0.05, 0.1) is 0 Å². The molecule has 1 aliphatic rings. The quantitative estimate of drug-likeness (QED) is 0.923. The molecule has 0 saturated carbocycles. The van der Waals surface area contributed by atoms with Gasteiger partial charge >= 0.3 is 6.18 Å². The van der Waals surface area contributed by atoms with E-state index in [1.54, 1.807) is 6.92 Å². The highest BCUT2D eigenvalue weighted by Crippen LogP contribution is 2.33. The fourth-order valence-corrected chi connectivity index (χ4v) is 2.47. The molecule has 6 heteroatoms. The number of carbonyl (C=O) groups excluding carboxylic acids is 1. The maximum atomic E-state index is 12.4. The number of carbonyl (C=O) groups is 1. The molecular weight excluding hydrogens is 269 g/mol. The molecule has 0 radical (unpaired) electrons. The Morgan fingerprint density at radius 2 is 2.10 bits per heavy atom. The van der Waals surface area contributed by atoms with Crippen LogP contribution in [-0.4, -0.2) is 36.6 Å². The van der Waals surface area contributed by atoms with Gasteiger partial charge in [-0.25, -0.2) is 0 Å². The van der Waals surface area contributed by atoms with E-state index in [9.17, 15) is 18.0 Å². The molecule has 1 heterocycles. The first-order valence-electron chi connectivity index (χ1n) is 6.58. The Hall–Kier alpha value is -1.72. The van der Waals surface area contributed by atoms with Gasteiger partial charge in [-0.1, -0.05) is 18.2 Å². The van der Waals surface area contributed by atoms with Crippen LogP contribution in [0.15, 0.2) is 24.3 Å². The molecule has 1 aliphatic heterocycles. The molecule has 1 aromatic rings. The van der Waals surface area contributed by atoms with E-state index >= 15 is 0 Å². The van der Waals surface area contributed by atoms with E-state index in [-0.39, 0.29) is 18.9 Å². The van der Waals surface area contributed by atoms with E-state index in [0.29, 0.717) is 6.54 Å². The number of para-hydroxylation sites is 1. The molecule has 1 atom stereocenters. The van der Waals surface area contributed by atoms with Crippen molar-refractivity contribution in [3.63, 3.8) is 0 Å². The van der Waals surface area contributed by atoms with Crippen LogP contribution in [0.3, 0.4) is 0 Å². The molecule has 3 nitrogen and oxygen atoms in total. The number of nitrogens with zero attached hydrogens (tertiary/aromatic N) is 1. The zero-order valence-electron chi connectivity index (χ0n) is 11.2. The number of halogens is 3. The SMILES string of the molecule is CCN(CC(F)(F)F)C(=O)CC1CNc2ccccc21. The first kappa shape index (κ1) is 14.7. The Labute approximate surface area is 115 Å². The van der Waals surface area contributed by atoms with E-state index in [1.807, 2.05) is 24.3 Å². The van der Waals surface area contributed by atoms with Gasteiger partial charge in [0, 0.05) is 31.1 Å². The van der Waals surface area contributed by atoms with Crippen molar-refractivity contribution >= 4 is 11.6 Å². The largest absolute Gasteiger partial charge is 0.406 e. The van der Waals surface area contributed by atoms with Gasteiger partial charge < -0.3 is 10.2 Å². The molecule has 2 rings (SSSR count). The van der Waals surface area contributed by atoms with E-state index < -0.39 is 18.6 Å². The average Bonchev–Trinajstić information content (AvgIpc) is 2.78. The molecule has 0 spiro atoms. The Balaban J connectivity index is 2.01. The second-order valence-electron chi connectivity index (χ2n) is 4.89. The summed E-state index contributed by atoms with van der Waals surface area (Å²) < 4.78 is 37.2. The zero-order valence-corrected chi connectivity index (χ0v) is 11.2. The smallest absolute Gasteiger partial charge is 0.384 e. The lowest BCUT2D eigenvalue weighted by Gasteiger charge is -2.23. The van der Waals surface area contributed by atoms with Crippen LogP contribution in [0.1, 0.15) is 24.8 Å². The Bertz CT molecular complexity index is 488. The first-order valence-corrected chi connectivity index (χ1v) is 6.58. The van der Waals surface area contributed by atoms with Gasteiger partial charge in [0.25, 0.3) is 0 Å². The number of benzene rings is 1. The lowest BCUT2D eigenvalue weighted by Crippen LogP contribution is -2.39. The fraction of sp³-hybridized carbons (Fsp3) is 0.500. The molecule has 0 aromatic heterocycles. The summed E-state index contributed by atoms with van der Waals surface area (Å²) in [6, 6.07) is 7.58. The third-order valence-corrected chi connectivity index (χ3v) is 3.47. The molecule has 0 bridgehead atoms. The van der Waals surface area contributed by atoms with Gasteiger partial charge in [-0.3, -0.25) is 4.79 Å². The number of hydrogen-bond acceptors (Lipinski definition) is 2. The van der Waals surface area contributed by atoms with Gasteiger partial charge in [-0.15, -0.1) is 0 Å². The molecule has 1 unspecified atom stereocenters. The van der Waals surface area contributed by atoms with Crippen LogP contribution < -0.4 is 5.32 Å². The van der Waals surface area contributed by atoms with Crippen LogP contribution >= 0.6 is 0 Å². The van der Waals surface area contributed by atoms with Crippen LogP contribution in [0, 0.1) is 0 Å². The number of nitrogens with one attached hydrogen (secondary N) is 1. The Morgan fingerprint density at radius 3 is 2.75 bits per heavy atom. The zero-order chi connectivity index (χ0) is 14.8. The first-order chi connectivity index (χ1) is 9.40. The minimum absolute atomic E-state index is 0.0546. The normalized spacial score (nSPS) is 17.5. The summed E-state index contributed by atoms with van der Waals surface area (Å²) in [5.41, 5.74) is 1.97. The van der Waals surface area contributed by atoms with E-state index in [1.165, 1.54) is 0 Å². The summed E-state index contributed by atoms with van der Waals surface area (Å²) in [5.74, 6) is -0.505. The van der Waals surface area contributed by atoms with Crippen molar-refractivity contribution in [3.05, 3.63) is 29.8 Å². The van der Waals surface area contributed by atoms with Crippen molar-refractivity contribution in [3.8, 4) is 0 Å². The van der Waals surface area contributed by atoms with Crippen molar-refractivity contribution in [1.29, 1.82) is 0 Å². The van der Waals surface area contributed by atoms with Crippen molar-refractivity contribution in [1.82, 2.24) is 4.90 Å². The highest BCUT2D eigenvalue weighted by atomic mass is 19.4. The lowest BCUT2D eigenvalue weighted by atomic mass is 9.97. The highest BCUT2D eigenvalue weighted by Gasteiger charge is 2.33. The van der Waals surface area contributed by atoms with Crippen LogP contribution in [0.2, 0.25) is 0 Å². The summed E-state index contributed by atoms with van der Waals surface area (Å²) in [4.78, 5) is 12.9. The third kappa shape index (κ3) is 3.43. The predicted octanol–water partition coefficient (Wildman–Crippen LogP) is 3.00. The van der Waals surface area contributed by atoms with E-state index in [2.05, 4.69) is 5.32 Å².